The van der Waals surface area contributed by atoms with Gasteiger partial charge < -0.3 is 0 Å². The molecule has 118 valence electrons. The molecule has 0 radical (unpaired) electrons. The maximum absolute atomic E-state index is 12.2. The largest absolute Gasteiger partial charge is 0.273 e. The third kappa shape index (κ3) is 3.57. The van der Waals surface area contributed by atoms with E-state index >= 15 is 0 Å². The van der Waals surface area contributed by atoms with Crippen LogP contribution in [0, 0.1) is 18.8 Å². The summed E-state index contributed by atoms with van der Waals surface area (Å²) in [6, 6.07) is 8.61. The van der Waals surface area contributed by atoms with Crippen molar-refractivity contribution in [3.8, 4) is 0 Å². The monoisotopic (exact) mass is 298 g/mol. The average molecular weight is 298 g/mol. The van der Waals surface area contributed by atoms with Crippen LogP contribution in [0.4, 0.5) is 0 Å². The Morgan fingerprint density at radius 2 is 1.82 bits per heavy atom. The molecule has 1 amide bonds. The van der Waals surface area contributed by atoms with E-state index in [-0.39, 0.29) is 11.8 Å². The number of aryl methyl sites for hydroxylation is 1. The molecule has 2 aliphatic rings. The topological polar surface area (TPSA) is 41.5 Å². The number of carbonyl (C=O) groups excluding carboxylic acids is 1. The van der Waals surface area contributed by atoms with Crippen molar-refractivity contribution in [3.05, 3.63) is 35.4 Å². The second kappa shape index (κ2) is 7.08. The average Bonchev–Trinajstić information content (AvgIpc) is 2.62. The van der Waals surface area contributed by atoms with Crippen LogP contribution in [0.1, 0.15) is 56.1 Å². The highest BCUT2D eigenvalue weighted by atomic mass is 16.2. The van der Waals surface area contributed by atoms with Crippen molar-refractivity contribution >= 4 is 11.6 Å². The molecule has 1 heterocycles. The zero-order chi connectivity index (χ0) is 15.4. The van der Waals surface area contributed by atoms with Gasteiger partial charge in [0, 0.05) is 24.0 Å². The van der Waals surface area contributed by atoms with Gasteiger partial charge in [0.15, 0.2) is 0 Å². The molecule has 2 unspecified atom stereocenters. The molecular formula is C19H26N2O. The third-order valence-corrected chi connectivity index (χ3v) is 5.06. The van der Waals surface area contributed by atoms with Gasteiger partial charge in [0.25, 0.3) is 0 Å². The number of rotatable bonds is 2. The number of carbonyl (C=O) groups is 1. The Labute approximate surface area is 133 Å². The number of hydrogen-bond acceptors (Lipinski definition) is 2. The summed E-state index contributed by atoms with van der Waals surface area (Å²) in [5.41, 5.74) is 6.54. The molecule has 1 fully saturated rings. The minimum absolute atomic E-state index is 0.135. The standard InChI is InChI=1S/C19H26N2O/c1-14-8-7-9-15(12-14)13-18-16-10-5-3-2-4-6-11-17(16)19(22)21-20-18/h7-9,12,16-17H,2-6,10-11,13H2,1H3,(H,21,22). The van der Waals surface area contributed by atoms with Crippen molar-refractivity contribution in [1.82, 2.24) is 5.43 Å². The predicted octanol–water partition coefficient (Wildman–Crippen LogP) is 4.00. The summed E-state index contributed by atoms with van der Waals surface area (Å²) in [5.74, 6) is 0.614. The minimum atomic E-state index is 0.135. The normalized spacial score (nSPS) is 26.0. The van der Waals surface area contributed by atoms with Crippen molar-refractivity contribution in [2.45, 2.75) is 58.3 Å². The van der Waals surface area contributed by atoms with Crippen LogP contribution in [-0.2, 0) is 11.2 Å². The minimum Gasteiger partial charge on any atom is -0.273 e. The zero-order valence-corrected chi connectivity index (χ0v) is 13.5. The number of nitrogens with one attached hydrogen (secondary N) is 1. The summed E-state index contributed by atoms with van der Waals surface area (Å²) in [4.78, 5) is 12.2. The van der Waals surface area contributed by atoms with E-state index in [0.717, 1.165) is 19.3 Å². The summed E-state index contributed by atoms with van der Waals surface area (Å²) < 4.78 is 0. The smallest absolute Gasteiger partial charge is 0.243 e. The van der Waals surface area contributed by atoms with Crippen LogP contribution in [0.2, 0.25) is 0 Å². The highest BCUT2D eigenvalue weighted by molar-refractivity contribution is 5.97. The lowest BCUT2D eigenvalue weighted by Gasteiger charge is -2.30. The van der Waals surface area contributed by atoms with Gasteiger partial charge in [-0.15, -0.1) is 0 Å². The maximum atomic E-state index is 12.2. The predicted molar refractivity (Wildman–Crippen MR) is 89.8 cm³/mol. The Morgan fingerprint density at radius 1 is 1.09 bits per heavy atom. The molecule has 22 heavy (non-hydrogen) atoms. The van der Waals surface area contributed by atoms with Gasteiger partial charge in [-0.1, -0.05) is 61.9 Å². The molecule has 1 N–H and O–H groups in total. The summed E-state index contributed by atoms with van der Waals surface area (Å²) in [7, 11) is 0. The van der Waals surface area contributed by atoms with Crippen LogP contribution in [0.5, 0.6) is 0 Å². The van der Waals surface area contributed by atoms with Crippen molar-refractivity contribution in [3.63, 3.8) is 0 Å². The Balaban J connectivity index is 1.80. The Bertz CT molecular complexity index is 564. The second-order valence-electron chi connectivity index (χ2n) is 6.80. The lowest BCUT2D eigenvalue weighted by molar-refractivity contribution is -0.126. The first-order valence-electron chi connectivity index (χ1n) is 8.66. The van der Waals surface area contributed by atoms with Gasteiger partial charge in [-0.05, 0) is 25.3 Å². The number of fused-ring (bicyclic) bond motifs is 1. The van der Waals surface area contributed by atoms with Crippen LogP contribution in [0.3, 0.4) is 0 Å². The van der Waals surface area contributed by atoms with Crippen molar-refractivity contribution in [2.24, 2.45) is 16.9 Å². The van der Waals surface area contributed by atoms with Crippen LogP contribution >= 0.6 is 0 Å². The fraction of sp³-hybridized carbons (Fsp3) is 0.579. The molecule has 2 atom stereocenters. The molecule has 0 saturated heterocycles. The molecule has 1 aromatic rings. The lowest BCUT2D eigenvalue weighted by Crippen LogP contribution is -2.42. The van der Waals surface area contributed by atoms with Crippen molar-refractivity contribution < 1.29 is 4.79 Å². The lowest BCUT2D eigenvalue weighted by atomic mass is 9.79. The van der Waals surface area contributed by atoms with E-state index in [1.54, 1.807) is 0 Å². The van der Waals surface area contributed by atoms with Gasteiger partial charge in [-0.2, -0.15) is 5.10 Å². The first-order valence-corrected chi connectivity index (χ1v) is 8.66. The molecule has 0 spiro atoms. The van der Waals surface area contributed by atoms with Gasteiger partial charge in [-0.3, -0.25) is 4.79 Å². The molecule has 1 aliphatic heterocycles. The van der Waals surface area contributed by atoms with Gasteiger partial charge in [0.2, 0.25) is 5.91 Å². The van der Waals surface area contributed by atoms with Crippen molar-refractivity contribution in [2.75, 3.05) is 0 Å². The Kier molecular flexibility index (Phi) is 4.91. The van der Waals surface area contributed by atoms with E-state index in [0.29, 0.717) is 5.92 Å². The highest BCUT2D eigenvalue weighted by Gasteiger charge is 2.35. The van der Waals surface area contributed by atoms with E-state index in [1.807, 2.05) is 0 Å². The number of hydrogen-bond donors (Lipinski definition) is 1. The third-order valence-electron chi connectivity index (χ3n) is 5.06. The van der Waals surface area contributed by atoms with Crippen LogP contribution in [0.25, 0.3) is 0 Å². The first-order chi connectivity index (χ1) is 10.7. The van der Waals surface area contributed by atoms with E-state index in [4.69, 9.17) is 0 Å². The number of benzene rings is 1. The number of hydrazone groups is 1. The van der Waals surface area contributed by atoms with Gasteiger partial charge in [0.05, 0.1) is 0 Å². The first kappa shape index (κ1) is 15.3. The fourth-order valence-electron chi connectivity index (χ4n) is 3.87. The van der Waals surface area contributed by atoms with Crippen LogP contribution < -0.4 is 5.43 Å². The number of amides is 1. The van der Waals surface area contributed by atoms with E-state index in [2.05, 4.69) is 41.7 Å². The quantitative estimate of drug-likeness (QED) is 0.881. The Morgan fingerprint density at radius 3 is 2.59 bits per heavy atom. The number of nitrogens with zero attached hydrogens (tertiary/aromatic N) is 1. The molecule has 1 saturated carbocycles. The van der Waals surface area contributed by atoms with Gasteiger partial charge >= 0.3 is 0 Å². The molecule has 3 heteroatoms. The fourth-order valence-corrected chi connectivity index (χ4v) is 3.87. The van der Waals surface area contributed by atoms with Gasteiger partial charge in [0.1, 0.15) is 0 Å². The zero-order valence-electron chi connectivity index (χ0n) is 13.5. The molecule has 1 aliphatic carbocycles. The summed E-state index contributed by atoms with van der Waals surface area (Å²) in [6.45, 7) is 2.12. The molecule has 1 aromatic carbocycles. The molecule has 0 bridgehead atoms. The van der Waals surface area contributed by atoms with E-state index in [1.165, 1.54) is 48.9 Å². The molecule has 0 aromatic heterocycles. The van der Waals surface area contributed by atoms with Crippen LogP contribution in [0.15, 0.2) is 29.4 Å². The highest BCUT2D eigenvalue weighted by Crippen LogP contribution is 2.31. The SMILES string of the molecule is Cc1cccc(CC2=NNC(=O)C3CCCCCCCC23)c1. The molecule has 3 rings (SSSR count). The van der Waals surface area contributed by atoms with E-state index in [9.17, 15) is 4.79 Å². The maximum Gasteiger partial charge on any atom is 0.243 e. The van der Waals surface area contributed by atoms with Crippen molar-refractivity contribution in [1.29, 1.82) is 0 Å². The summed E-state index contributed by atoms with van der Waals surface area (Å²) in [5, 5.41) is 4.44. The van der Waals surface area contributed by atoms with E-state index < -0.39 is 0 Å². The Hall–Kier alpha value is -1.64. The second-order valence-corrected chi connectivity index (χ2v) is 6.80. The summed E-state index contributed by atoms with van der Waals surface area (Å²) in [6.07, 6.45) is 9.26. The molecular weight excluding hydrogens is 272 g/mol. The summed E-state index contributed by atoms with van der Waals surface area (Å²) >= 11 is 0. The van der Waals surface area contributed by atoms with Crippen LogP contribution in [-0.4, -0.2) is 11.6 Å². The molecule has 3 nitrogen and oxygen atoms in total. The van der Waals surface area contributed by atoms with Gasteiger partial charge in [-0.25, -0.2) is 5.43 Å².